The molecule has 7 heteroatoms. The summed E-state index contributed by atoms with van der Waals surface area (Å²) in [5.41, 5.74) is 6.02. The van der Waals surface area contributed by atoms with Crippen molar-refractivity contribution in [3.05, 3.63) is 28.8 Å². The molecule has 5 nitrogen and oxygen atoms in total. The number of nitrogens with two attached hydrogens (primary N) is 1. The largest absolute Gasteiger partial charge is 0.329 e. The second-order valence-corrected chi connectivity index (χ2v) is 7.59. The number of halogens is 1. The number of rotatable bonds is 3. The van der Waals surface area contributed by atoms with E-state index in [9.17, 15) is 8.42 Å². The molecule has 1 aliphatic rings. The van der Waals surface area contributed by atoms with Crippen LogP contribution < -0.4 is 5.73 Å². The highest BCUT2D eigenvalue weighted by Crippen LogP contribution is 2.30. The van der Waals surface area contributed by atoms with Crippen molar-refractivity contribution in [1.82, 2.24) is 4.31 Å². The maximum atomic E-state index is 12.8. The molecule has 21 heavy (non-hydrogen) atoms. The fraction of sp³-hybridized carbons (Fsp3) is 0.500. The van der Waals surface area contributed by atoms with Crippen LogP contribution in [0.15, 0.2) is 23.1 Å². The first-order chi connectivity index (χ1) is 9.91. The molecule has 0 radical (unpaired) electrons. The van der Waals surface area contributed by atoms with Crippen molar-refractivity contribution in [2.75, 3.05) is 13.1 Å². The fourth-order valence-electron chi connectivity index (χ4n) is 2.74. The molecule has 114 valence electrons. The number of nitriles is 1. The fourth-order valence-corrected chi connectivity index (χ4v) is 4.83. The Morgan fingerprint density at radius 1 is 1.52 bits per heavy atom. The predicted octanol–water partition coefficient (Wildman–Crippen LogP) is 1.96. The van der Waals surface area contributed by atoms with Gasteiger partial charge in [-0.3, -0.25) is 0 Å². The third-order valence-electron chi connectivity index (χ3n) is 3.97. The van der Waals surface area contributed by atoms with Gasteiger partial charge in [-0.15, -0.1) is 0 Å². The third kappa shape index (κ3) is 3.06. The second kappa shape index (κ2) is 6.32. The van der Waals surface area contributed by atoms with E-state index in [0.29, 0.717) is 13.1 Å². The summed E-state index contributed by atoms with van der Waals surface area (Å²) in [6, 6.07) is 5.91. The van der Waals surface area contributed by atoms with E-state index in [1.54, 1.807) is 0 Å². The first-order valence-corrected chi connectivity index (χ1v) is 8.65. The van der Waals surface area contributed by atoms with Crippen LogP contribution in [0.5, 0.6) is 0 Å². The molecule has 0 saturated carbocycles. The lowest BCUT2D eigenvalue weighted by Crippen LogP contribution is -2.51. The molecule has 1 aliphatic heterocycles. The Labute approximate surface area is 130 Å². The summed E-state index contributed by atoms with van der Waals surface area (Å²) in [6.45, 7) is 2.78. The van der Waals surface area contributed by atoms with E-state index >= 15 is 0 Å². The van der Waals surface area contributed by atoms with Crippen LogP contribution >= 0.6 is 11.6 Å². The van der Waals surface area contributed by atoms with Gasteiger partial charge in [0.15, 0.2) is 0 Å². The van der Waals surface area contributed by atoms with Crippen molar-refractivity contribution in [3.63, 3.8) is 0 Å². The molecule has 2 N–H and O–H groups in total. The van der Waals surface area contributed by atoms with Crippen molar-refractivity contribution in [2.45, 2.75) is 30.7 Å². The van der Waals surface area contributed by atoms with Crippen molar-refractivity contribution in [3.8, 4) is 6.07 Å². The minimum Gasteiger partial charge on any atom is -0.329 e. The maximum Gasteiger partial charge on any atom is 0.243 e. The molecule has 0 aliphatic carbocycles. The van der Waals surface area contributed by atoms with E-state index in [4.69, 9.17) is 22.6 Å². The predicted molar refractivity (Wildman–Crippen MR) is 81.3 cm³/mol. The number of sulfonamides is 1. The summed E-state index contributed by atoms with van der Waals surface area (Å²) >= 11 is 5.94. The molecule has 0 bridgehead atoms. The van der Waals surface area contributed by atoms with E-state index in [1.165, 1.54) is 22.5 Å². The van der Waals surface area contributed by atoms with Gasteiger partial charge in [0.25, 0.3) is 0 Å². The molecule has 1 fully saturated rings. The van der Waals surface area contributed by atoms with Crippen LogP contribution in [0.2, 0.25) is 5.02 Å². The zero-order chi connectivity index (χ0) is 15.6. The Morgan fingerprint density at radius 2 is 2.24 bits per heavy atom. The van der Waals surface area contributed by atoms with Crippen LogP contribution in [0.4, 0.5) is 0 Å². The normalized spacial score (nSPS) is 23.7. The SMILES string of the molecule is C[C@H]1CCCN(S(=O)(=O)c2ccc(C#N)c(Cl)c2)[C@H]1CN. The van der Waals surface area contributed by atoms with Crippen LogP contribution in [0, 0.1) is 17.2 Å². The minimum absolute atomic E-state index is 0.110. The Morgan fingerprint density at radius 3 is 2.81 bits per heavy atom. The number of hydrogen-bond acceptors (Lipinski definition) is 4. The van der Waals surface area contributed by atoms with Crippen LogP contribution in [0.3, 0.4) is 0 Å². The molecule has 0 amide bonds. The van der Waals surface area contributed by atoms with Gasteiger partial charge in [0.1, 0.15) is 6.07 Å². The monoisotopic (exact) mass is 327 g/mol. The van der Waals surface area contributed by atoms with Gasteiger partial charge in [-0.25, -0.2) is 8.42 Å². The van der Waals surface area contributed by atoms with Crippen molar-refractivity contribution in [2.24, 2.45) is 11.7 Å². The molecule has 0 aromatic heterocycles. The highest BCUT2D eigenvalue weighted by molar-refractivity contribution is 7.89. The molecule has 0 spiro atoms. The van der Waals surface area contributed by atoms with E-state index < -0.39 is 10.0 Å². The standard InChI is InChI=1S/C14H18ClN3O2S/c1-10-3-2-6-18(14(10)9-17)21(19,20)12-5-4-11(8-16)13(15)7-12/h4-5,7,10,14H,2-3,6,9,17H2,1H3/t10-,14-/m0/s1. The molecule has 1 saturated heterocycles. The Hall–Kier alpha value is -1.13. The average molecular weight is 328 g/mol. The lowest BCUT2D eigenvalue weighted by atomic mass is 9.93. The van der Waals surface area contributed by atoms with Crippen molar-refractivity contribution in [1.29, 1.82) is 5.26 Å². The number of piperidine rings is 1. The van der Waals surface area contributed by atoms with Crippen LogP contribution in [0.25, 0.3) is 0 Å². The average Bonchev–Trinajstić information content (AvgIpc) is 2.46. The first kappa shape index (κ1) is 16.2. The lowest BCUT2D eigenvalue weighted by molar-refractivity contribution is 0.192. The van der Waals surface area contributed by atoms with Gasteiger partial charge in [-0.2, -0.15) is 9.57 Å². The van der Waals surface area contributed by atoms with Gasteiger partial charge in [-0.1, -0.05) is 18.5 Å². The van der Waals surface area contributed by atoms with Gasteiger partial charge in [0.2, 0.25) is 10.0 Å². The Bertz CT molecular complexity index is 669. The summed E-state index contributed by atoms with van der Waals surface area (Å²) in [5, 5.41) is 9.01. The zero-order valence-corrected chi connectivity index (χ0v) is 13.4. The van der Waals surface area contributed by atoms with Gasteiger partial charge < -0.3 is 5.73 Å². The third-order valence-corrected chi connectivity index (χ3v) is 6.21. The Balaban J connectivity index is 2.41. The van der Waals surface area contributed by atoms with E-state index in [-0.39, 0.29) is 27.4 Å². The molecule has 1 aromatic carbocycles. The quantitative estimate of drug-likeness (QED) is 0.919. The van der Waals surface area contributed by atoms with Gasteiger partial charge in [0.05, 0.1) is 15.5 Å². The highest BCUT2D eigenvalue weighted by atomic mass is 35.5. The topological polar surface area (TPSA) is 87.2 Å². The van der Waals surface area contributed by atoms with E-state index in [0.717, 1.165) is 12.8 Å². The lowest BCUT2D eigenvalue weighted by Gasteiger charge is -2.38. The van der Waals surface area contributed by atoms with Gasteiger partial charge in [0, 0.05) is 19.1 Å². The van der Waals surface area contributed by atoms with Crippen molar-refractivity contribution < 1.29 is 8.42 Å². The first-order valence-electron chi connectivity index (χ1n) is 6.83. The summed E-state index contributed by atoms with van der Waals surface area (Å²) in [4.78, 5) is 0.110. The van der Waals surface area contributed by atoms with Gasteiger partial charge >= 0.3 is 0 Å². The highest BCUT2D eigenvalue weighted by Gasteiger charge is 2.36. The number of hydrogen-bond donors (Lipinski definition) is 1. The minimum atomic E-state index is -3.64. The summed E-state index contributed by atoms with van der Waals surface area (Å²) in [7, 11) is -3.64. The molecule has 0 unspecified atom stereocenters. The summed E-state index contributed by atoms with van der Waals surface area (Å²) < 4.78 is 27.0. The smallest absolute Gasteiger partial charge is 0.243 e. The summed E-state index contributed by atoms with van der Waals surface area (Å²) in [5.74, 6) is 0.229. The van der Waals surface area contributed by atoms with Crippen LogP contribution in [-0.2, 0) is 10.0 Å². The molecule has 1 heterocycles. The van der Waals surface area contributed by atoms with E-state index in [2.05, 4.69) is 0 Å². The zero-order valence-electron chi connectivity index (χ0n) is 11.8. The molecule has 1 aromatic rings. The van der Waals surface area contributed by atoms with E-state index in [1.807, 2.05) is 13.0 Å². The summed E-state index contributed by atoms with van der Waals surface area (Å²) in [6.07, 6.45) is 1.79. The maximum absolute atomic E-state index is 12.8. The Kier molecular flexibility index (Phi) is 4.89. The molecule has 2 atom stereocenters. The molecular weight excluding hydrogens is 310 g/mol. The number of nitrogens with zero attached hydrogens (tertiary/aromatic N) is 2. The van der Waals surface area contributed by atoms with Crippen LogP contribution in [-0.4, -0.2) is 31.9 Å². The molecular formula is C14H18ClN3O2S. The molecule has 2 rings (SSSR count). The van der Waals surface area contributed by atoms with Crippen molar-refractivity contribution >= 4 is 21.6 Å². The number of benzene rings is 1. The van der Waals surface area contributed by atoms with Crippen LogP contribution in [0.1, 0.15) is 25.3 Å². The second-order valence-electron chi connectivity index (χ2n) is 5.29. The van der Waals surface area contributed by atoms with Gasteiger partial charge in [-0.05, 0) is 37.0 Å².